The topological polar surface area (TPSA) is 80.3 Å². The van der Waals surface area contributed by atoms with Crippen LogP contribution in [0.15, 0.2) is 11.0 Å². The van der Waals surface area contributed by atoms with Gasteiger partial charge in [-0.3, -0.25) is 0 Å². The molecule has 0 spiro atoms. The van der Waals surface area contributed by atoms with Gasteiger partial charge >= 0.3 is 0 Å². The lowest BCUT2D eigenvalue weighted by Crippen LogP contribution is -2.25. The van der Waals surface area contributed by atoms with E-state index in [1.165, 1.54) is 6.08 Å². The number of hydrogen-bond acceptors (Lipinski definition) is 4. The second kappa shape index (κ2) is 3.39. The summed E-state index contributed by atoms with van der Waals surface area (Å²) in [5.41, 5.74) is 0. The van der Waals surface area contributed by atoms with Gasteiger partial charge in [0.2, 0.25) is 10.0 Å². The van der Waals surface area contributed by atoms with Crippen LogP contribution in [0.4, 0.5) is 0 Å². The molecule has 0 aliphatic carbocycles. The van der Waals surface area contributed by atoms with Crippen molar-refractivity contribution in [2.24, 2.45) is 0 Å². The van der Waals surface area contributed by atoms with Crippen LogP contribution in [0.2, 0.25) is 0 Å². The van der Waals surface area contributed by atoms with Crippen molar-refractivity contribution in [2.75, 3.05) is 18.1 Å². The van der Waals surface area contributed by atoms with E-state index in [1.54, 1.807) is 6.92 Å². The molecule has 0 amide bonds. The summed E-state index contributed by atoms with van der Waals surface area (Å²) in [6, 6.07) is 0. The lowest BCUT2D eigenvalue weighted by Gasteiger charge is -2.03. The predicted octanol–water partition coefficient (Wildman–Crippen LogP) is -0.762. The third-order valence-corrected chi connectivity index (χ3v) is 4.88. The Morgan fingerprint density at radius 1 is 1.54 bits per heavy atom. The normalized spacial score (nSPS) is 21.5. The van der Waals surface area contributed by atoms with Crippen LogP contribution in [0.1, 0.15) is 6.92 Å². The van der Waals surface area contributed by atoms with E-state index >= 15 is 0 Å². The molecule has 0 bridgehead atoms. The summed E-state index contributed by atoms with van der Waals surface area (Å²) in [6.07, 6.45) is 1.24. The summed E-state index contributed by atoms with van der Waals surface area (Å²) in [4.78, 5) is -0.0330. The molecule has 0 aromatic rings. The van der Waals surface area contributed by atoms with Gasteiger partial charge in [-0.25, -0.2) is 21.6 Å². The van der Waals surface area contributed by atoms with Crippen molar-refractivity contribution in [3.05, 3.63) is 11.0 Å². The van der Waals surface area contributed by atoms with Gasteiger partial charge in [-0.2, -0.15) is 0 Å². The van der Waals surface area contributed by atoms with Crippen LogP contribution in [0.5, 0.6) is 0 Å². The van der Waals surface area contributed by atoms with E-state index in [2.05, 4.69) is 4.72 Å². The standard InChI is InChI=1S/C6H11NO4S2/c1-2-7-13(10,11)6-3-4-12(8,9)5-6/h3,7H,2,4-5H2,1H3. The Labute approximate surface area is 77.8 Å². The average molecular weight is 225 g/mol. The molecule has 1 N–H and O–H groups in total. The number of sulfonamides is 1. The van der Waals surface area contributed by atoms with E-state index in [0.717, 1.165) is 0 Å². The Bertz CT molecular complexity index is 418. The van der Waals surface area contributed by atoms with Crippen LogP contribution in [-0.4, -0.2) is 34.9 Å². The summed E-state index contributed by atoms with van der Waals surface area (Å²) >= 11 is 0. The monoisotopic (exact) mass is 225 g/mol. The van der Waals surface area contributed by atoms with E-state index in [9.17, 15) is 16.8 Å². The highest BCUT2D eigenvalue weighted by atomic mass is 32.2. The van der Waals surface area contributed by atoms with Crippen molar-refractivity contribution in [1.29, 1.82) is 0 Å². The van der Waals surface area contributed by atoms with E-state index in [4.69, 9.17) is 0 Å². The largest absolute Gasteiger partial charge is 0.237 e. The van der Waals surface area contributed by atoms with Crippen molar-refractivity contribution in [2.45, 2.75) is 6.92 Å². The van der Waals surface area contributed by atoms with Crippen LogP contribution in [-0.2, 0) is 19.9 Å². The molecule has 1 heterocycles. The zero-order chi connectivity index (χ0) is 10.1. The second-order valence-electron chi connectivity index (χ2n) is 2.73. The van der Waals surface area contributed by atoms with Gasteiger partial charge in [0.05, 0.1) is 16.4 Å². The number of sulfone groups is 1. The highest BCUT2D eigenvalue weighted by Gasteiger charge is 2.28. The van der Waals surface area contributed by atoms with Crippen LogP contribution >= 0.6 is 0 Å². The molecule has 1 aliphatic rings. The van der Waals surface area contributed by atoms with Crippen molar-refractivity contribution < 1.29 is 16.8 Å². The lowest BCUT2D eigenvalue weighted by atomic mass is 10.6. The van der Waals surface area contributed by atoms with Crippen molar-refractivity contribution in [3.63, 3.8) is 0 Å². The van der Waals surface area contributed by atoms with Crippen molar-refractivity contribution in [3.8, 4) is 0 Å². The first-order valence-corrected chi connectivity index (χ1v) is 7.07. The third-order valence-electron chi connectivity index (χ3n) is 1.61. The Morgan fingerprint density at radius 3 is 2.54 bits per heavy atom. The maximum atomic E-state index is 11.3. The maximum Gasteiger partial charge on any atom is 0.237 e. The molecular formula is C6H11NO4S2. The van der Waals surface area contributed by atoms with Gasteiger partial charge < -0.3 is 0 Å². The first-order chi connectivity index (χ1) is 5.87. The molecule has 76 valence electrons. The van der Waals surface area contributed by atoms with E-state index in [1.807, 2.05) is 0 Å². The fourth-order valence-electron chi connectivity index (χ4n) is 1.02. The Morgan fingerprint density at radius 2 is 2.15 bits per heavy atom. The fraction of sp³-hybridized carbons (Fsp3) is 0.667. The summed E-state index contributed by atoms with van der Waals surface area (Å²) in [7, 11) is -6.76. The van der Waals surface area contributed by atoms with E-state index in [0.29, 0.717) is 0 Å². The zero-order valence-corrected chi connectivity index (χ0v) is 8.78. The molecule has 1 aliphatic heterocycles. The van der Waals surface area contributed by atoms with Crippen molar-refractivity contribution >= 4 is 19.9 Å². The SMILES string of the molecule is CCNS(=O)(=O)C1=CCS(=O)(=O)C1. The highest BCUT2D eigenvalue weighted by Crippen LogP contribution is 2.15. The summed E-state index contributed by atoms with van der Waals surface area (Å²) in [5.74, 6) is -0.546. The molecule has 0 atom stereocenters. The Balaban J connectivity index is 2.89. The van der Waals surface area contributed by atoms with Gasteiger partial charge in [-0.15, -0.1) is 0 Å². The quantitative estimate of drug-likeness (QED) is 0.684. The first-order valence-electron chi connectivity index (χ1n) is 3.76. The molecule has 5 nitrogen and oxygen atoms in total. The van der Waals surface area contributed by atoms with E-state index < -0.39 is 19.9 Å². The van der Waals surface area contributed by atoms with E-state index in [-0.39, 0.29) is 23.0 Å². The molecule has 13 heavy (non-hydrogen) atoms. The molecule has 1 rings (SSSR count). The van der Waals surface area contributed by atoms with Gasteiger partial charge in [0, 0.05) is 6.54 Å². The smallest absolute Gasteiger partial charge is 0.228 e. The minimum absolute atomic E-state index is 0.0330. The predicted molar refractivity (Wildman–Crippen MR) is 49.3 cm³/mol. The van der Waals surface area contributed by atoms with Crippen LogP contribution < -0.4 is 4.72 Å². The molecule has 0 saturated heterocycles. The minimum atomic E-state index is -3.55. The van der Waals surface area contributed by atoms with Gasteiger partial charge in [0.15, 0.2) is 9.84 Å². The Kier molecular flexibility index (Phi) is 2.79. The number of hydrogen-bond donors (Lipinski definition) is 1. The average Bonchev–Trinajstić information content (AvgIpc) is 2.30. The Hall–Kier alpha value is -0.400. The van der Waals surface area contributed by atoms with Crippen LogP contribution in [0, 0.1) is 0 Å². The van der Waals surface area contributed by atoms with Gasteiger partial charge in [0.1, 0.15) is 0 Å². The highest BCUT2D eigenvalue weighted by molar-refractivity contribution is 7.97. The molecule has 7 heteroatoms. The van der Waals surface area contributed by atoms with Gasteiger partial charge in [-0.05, 0) is 0 Å². The third kappa shape index (κ3) is 2.52. The maximum absolute atomic E-state index is 11.3. The molecule has 0 aromatic heterocycles. The lowest BCUT2D eigenvalue weighted by molar-refractivity contribution is 0.588. The molecule has 0 fully saturated rings. The summed E-state index contributed by atoms with van der Waals surface area (Å²) in [5, 5.41) is 0. The number of nitrogens with one attached hydrogen (secondary N) is 1. The number of rotatable bonds is 3. The summed E-state index contributed by atoms with van der Waals surface area (Å²) in [6.45, 7) is 1.90. The summed E-state index contributed by atoms with van der Waals surface area (Å²) < 4.78 is 46.7. The fourth-order valence-corrected chi connectivity index (χ4v) is 4.28. The minimum Gasteiger partial charge on any atom is -0.228 e. The molecular weight excluding hydrogens is 214 g/mol. The van der Waals surface area contributed by atoms with Crippen molar-refractivity contribution in [1.82, 2.24) is 4.72 Å². The van der Waals surface area contributed by atoms with Gasteiger partial charge in [0.25, 0.3) is 0 Å². The molecule has 0 radical (unpaired) electrons. The molecule has 0 aromatic carbocycles. The van der Waals surface area contributed by atoms with Crippen LogP contribution in [0.3, 0.4) is 0 Å². The second-order valence-corrected chi connectivity index (χ2v) is 6.66. The van der Waals surface area contributed by atoms with Crippen LogP contribution in [0.25, 0.3) is 0 Å². The first kappa shape index (κ1) is 10.7. The molecule has 0 saturated carbocycles. The molecule has 0 unspecified atom stereocenters. The zero-order valence-electron chi connectivity index (χ0n) is 7.15. The van der Waals surface area contributed by atoms with Gasteiger partial charge in [-0.1, -0.05) is 13.0 Å².